The van der Waals surface area contributed by atoms with E-state index in [-0.39, 0.29) is 25.1 Å². The summed E-state index contributed by atoms with van der Waals surface area (Å²) in [6.45, 7) is 1.59. The van der Waals surface area contributed by atoms with Gasteiger partial charge in [0.05, 0.1) is 18.1 Å². The van der Waals surface area contributed by atoms with Crippen molar-refractivity contribution in [3.8, 4) is 0 Å². The van der Waals surface area contributed by atoms with Crippen molar-refractivity contribution in [3.63, 3.8) is 0 Å². The van der Waals surface area contributed by atoms with Crippen LogP contribution in [0.5, 0.6) is 0 Å². The average Bonchev–Trinajstić information content (AvgIpc) is 2.56. The fraction of sp³-hybridized carbons (Fsp3) is 0.900. The summed E-state index contributed by atoms with van der Waals surface area (Å²) < 4.78 is 0. The van der Waals surface area contributed by atoms with Gasteiger partial charge in [-0.2, -0.15) is 0 Å². The first-order valence-corrected chi connectivity index (χ1v) is 5.33. The largest absolute Gasteiger partial charge is 0.394 e. The molecule has 1 amide bonds. The Bertz CT molecular complexity index is 235. The molecule has 0 radical (unpaired) electrons. The quantitative estimate of drug-likeness (QED) is 0.483. The number of nitrogens with one attached hydrogen (secondary N) is 1. The lowest BCUT2D eigenvalue weighted by Gasteiger charge is -2.27. The fourth-order valence-corrected chi connectivity index (χ4v) is 1.95. The van der Waals surface area contributed by atoms with E-state index in [0.29, 0.717) is 0 Å². The smallest absolute Gasteiger partial charge is 0.227 e. The summed E-state index contributed by atoms with van der Waals surface area (Å²) in [5.41, 5.74) is 5.36. The van der Waals surface area contributed by atoms with Crippen LogP contribution in [-0.4, -0.2) is 41.4 Å². The monoisotopic (exact) mass is 216 g/mol. The van der Waals surface area contributed by atoms with Gasteiger partial charge < -0.3 is 21.3 Å². The van der Waals surface area contributed by atoms with E-state index in [1.807, 2.05) is 6.92 Å². The van der Waals surface area contributed by atoms with E-state index >= 15 is 0 Å². The van der Waals surface area contributed by atoms with Crippen LogP contribution in [-0.2, 0) is 4.79 Å². The number of aliphatic hydroxyl groups excluding tert-OH is 2. The normalized spacial score (nSPS) is 32.7. The first-order valence-electron chi connectivity index (χ1n) is 5.33. The Morgan fingerprint density at radius 3 is 2.87 bits per heavy atom. The second-order valence-electron chi connectivity index (χ2n) is 4.46. The number of hydrogen-bond acceptors (Lipinski definition) is 4. The Morgan fingerprint density at radius 1 is 1.73 bits per heavy atom. The van der Waals surface area contributed by atoms with E-state index in [1.54, 1.807) is 0 Å². The van der Waals surface area contributed by atoms with Gasteiger partial charge in [-0.15, -0.1) is 0 Å². The number of nitrogens with two attached hydrogens (primary N) is 1. The van der Waals surface area contributed by atoms with Gasteiger partial charge in [0.2, 0.25) is 5.91 Å². The predicted octanol–water partition coefficient (Wildman–Crippen LogP) is -1.03. The number of aliphatic hydroxyl groups is 2. The molecule has 5 heteroatoms. The highest BCUT2D eigenvalue weighted by atomic mass is 16.3. The van der Waals surface area contributed by atoms with E-state index in [4.69, 9.17) is 15.9 Å². The van der Waals surface area contributed by atoms with Crippen molar-refractivity contribution in [2.24, 2.45) is 11.1 Å². The maximum absolute atomic E-state index is 11.8. The van der Waals surface area contributed by atoms with Crippen LogP contribution in [0.3, 0.4) is 0 Å². The molecule has 0 aromatic carbocycles. The van der Waals surface area contributed by atoms with Crippen LogP contribution in [0.4, 0.5) is 0 Å². The number of carbonyl (C=O) groups excluding carboxylic acids is 1. The second-order valence-corrected chi connectivity index (χ2v) is 4.46. The molecule has 0 aliphatic heterocycles. The molecule has 0 bridgehead atoms. The summed E-state index contributed by atoms with van der Waals surface area (Å²) in [5.74, 6) is -0.125. The zero-order chi connectivity index (χ0) is 11.5. The zero-order valence-corrected chi connectivity index (χ0v) is 9.07. The lowest BCUT2D eigenvalue weighted by atomic mass is 9.84. The van der Waals surface area contributed by atoms with Gasteiger partial charge in [0, 0.05) is 12.6 Å². The van der Waals surface area contributed by atoms with Crippen LogP contribution in [0, 0.1) is 5.41 Å². The topological polar surface area (TPSA) is 95.6 Å². The van der Waals surface area contributed by atoms with Gasteiger partial charge in [0.1, 0.15) is 0 Å². The first-order chi connectivity index (χ1) is 7.00. The molecule has 1 saturated carbocycles. The summed E-state index contributed by atoms with van der Waals surface area (Å²) in [7, 11) is 0. The molecule has 0 saturated heterocycles. The molecule has 0 spiro atoms. The first kappa shape index (κ1) is 12.4. The second kappa shape index (κ2) is 4.92. The van der Waals surface area contributed by atoms with E-state index in [0.717, 1.165) is 19.3 Å². The molecule has 15 heavy (non-hydrogen) atoms. The number of hydrogen-bond donors (Lipinski definition) is 4. The minimum atomic E-state index is -0.893. The molecule has 1 fully saturated rings. The van der Waals surface area contributed by atoms with Crippen molar-refractivity contribution in [2.75, 3.05) is 13.2 Å². The Morgan fingerprint density at radius 2 is 2.40 bits per heavy atom. The highest BCUT2D eigenvalue weighted by Gasteiger charge is 2.42. The van der Waals surface area contributed by atoms with Gasteiger partial charge in [0.25, 0.3) is 0 Å². The molecular formula is C10H20N2O3. The molecule has 1 aliphatic rings. The molecule has 88 valence electrons. The Balaban J connectivity index is 2.46. The lowest BCUT2D eigenvalue weighted by Crippen LogP contribution is -2.49. The van der Waals surface area contributed by atoms with Gasteiger partial charge in [-0.05, 0) is 19.8 Å². The predicted molar refractivity (Wildman–Crippen MR) is 56.0 cm³/mol. The molecule has 1 rings (SSSR count). The number of rotatable bonds is 4. The van der Waals surface area contributed by atoms with Crippen LogP contribution in [0.25, 0.3) is 0 Å². The third kappa shape index (κ3) is 2.68. The van der Waals surface area contributed by atoms with Crippen molar-refractivity contribution in [1.29, 1.82) is 0 Å². The minimum Gasteiger partial charge on any atom is -0.394 e. The van der Waals surface area contributed by atoms with Gasteiger partial charge in [0.15, 0.2) is 0 Å². The number of amides is 1. The van der Waals surface area contributed by atoms with Gasteiger partial charge in [-0.1, -0.05) is 6.42 Å². The molecule has 5 nitrogen and oxygen atoms in total. The van der Waals surface area contributed by atoms with Gasteiger partial charge in [-0.3, -0.25) is 4.79 Å². The van der Waals surface area contributed by atoms with Crippen molar-refractivity contribution < 1.29 is 15.0 Å². The molecule has 3 unspecified atom stereocenters. The third-order valence-electron chi connectivity index (χ3n) is 3.26. The van der Waals surface area contributed by atoms with Crippen LogP contribution >= 0.6 is 0 Å². The highest BCUT2D eigenvalue weighted by molar-refractivity contribution is 5.83. The van der Waals surface area contributed by atoms with E-state index < -0.39 is 11.5 Å². The van der Waals surface area contributed by atoms with Crippen molar-refractivity contribution in [2.45, 2.75) is 38.3 Å². The maximum Gasteiger partial charge on any atom is 0.227 e. The SMILES string of the molecule is CC1(C(=O)NCC(O)CO)CCCC1N. The third-order valence-corrected chi connectivity index (χ3v) is 3.26. The Kier molecular flexibility index (Phi) is 4.07. The van der Waals surface area contributed by atoms with Crippen molar-refractivity contribution in [3.05, 3.63) is 0 Å². The molecule has 0 aromatic heterocycles. The molecule has 5 N–H and O–H groups in total. The Hall–Kier alpha value is -0.650. The summed E-state index contributed by atoms with van der Waals surface area (Å²) in [5, 5.41) is 20.3. The Labute approximate surface area is 89.7 Å². The molecule has 1 aliphatic carbocycles. The summed E-state index contributed by atoms with van der Waals surface area (Å²) in [6.07, 6.45) is 1.73. The lowest BCUT2D eigenvalue weighted by molar-refractivity contribution is -0.131. The fourth-order valence-electron chi connectivity index (χ4n) is 1.95. The average molecular weight is 216 g/mol. The molecule has 3 atom stereocenters. The van der Waals surface area contributed by atoms with Gasteiger partial charge in [-0.25, -0.2) is 0 Å². The summed E-state index contributed by atoms with van der Waals surface area (Å²) in [4.78, 5) is 11.8. The van der Waals surface area contributed by atoms with Crippen molar-refractivity contribution in [1.82, 2.24) is 5.32 Å². The molecular weight excluding hydrogens is 196 g/mol. The standard InChI is InChI=1S/C10H20N2O3/c1-10(4-2-3-8(10)11)9(15)12-5-7(14)6-13/h7-8,13-14H,2-6,11H2,1H3,(H,12,15). The van der Waals surface area contributed by atoms with Crippen LogP contribution < -0.4 is 11.1 Å². The van der Waals surface area contributed by atoms with E-state index in [9.17, 15) is 4.79 Å². The molecule has 0 heterocycles. The van der Waals surface area contributed by atoms with Crippen LogP contribution in [0.1, 0.15) is 26.2 Å². The minimum absolute atomic E-state index is 0.0810. The molecule has 0 aromatic rings. The van der Waals surface area contributed by atoms with Crippen molar-refractivity contribution >= 4 is 5.91 Å². The zero-order valence-electron chi connectivity index (χ0n) is 9.07. The van der Waals surface area contributed by atoms with E-state index in [2.05, 4.69) is 5.32 Å². The van der Waals surface area contributed by atoms with Crippen LogP contribution in [0.2, 0.25) is 0 Å². The number of carbonyl (C=O) groups is 1. The van der Waals surface area contributed by atoms with Crippen LogP contribution in [0.15, 0.2) is 0 Å². The van der Waals surface area contributed by atoms with Gasteiger partial charge >= 0.3 is 0 Å². The summed E-state index contributed by atoms with van der Waals surface area (Å²) in [6, 6.07) is -0.108. The maximum atomic E-state index is 11.8. The summed E-state index contributed by atoms with van der Waals surface area (Å²) >= 11 is 0. The van der Waals surface area contributed by atoms with E-state index in [1.165, 1.54) is 0 Å². The highest BCUT2D eigenvalue weighted by Crippen LogP contribution is 2.36.